The van der Waals surface area contributed by atoms with Gasteiger partial charge >= 0.3 is 0 Å². The van der Waals surface area contributed by atoms with E-state index in [-0.39, 0.29) is 5.91 Å². The lowest BCUT2D eigenvalue weighted by Crippen LogP contribution is -2.48. The summed E-state index contributed by atoms with van der Waals surface area (Å²) in [7, 11) is 0. The van der Waals surface area contributed by atoms with Crippen molar-refractivity contribution in [3.05, 3.63) is 34.8 Å². The Kier molecular flexibility index (Phi) is 5.11. The minimum absolute atomic E-state index is 0.151. The fraction of sp³-hybridized carbons (Fsp3) is 0.471. The van der Waals surface area contributed by atoms with Gasteiger partial charge in [-0.1, -0.05) is 11.3 Å². The molecule has 6 nitrogen and oxygen atoms in total. The molecular weight excluding hydrogens is 322 g/mol. The SMILES string of the molecule is Cc1nnc(NC(=O)c2ccc(N3CCN(C(C)C)CC3)cc2)s1. The number of hydrogen-bond donors (Lipinski definition) is 1. The number of amides is 1. The van der Waals surface area contributed by atoms with Gasteiger partial charge in [-0.3, -0.25) is 15.0 Å². The van der Waals surface area contributed by atoms with Crippen molar-refractivity contribution >= 4 is 28.1 Å². The first-order chi connectivity index (χ1) is 11.5. The zero-order valence-electron chi connectivity index (χ0n) is 14.3. The first kappa shape index (κ1) is 16.9. The first-order valence-electron chi connectivity index (χ1n) is 8.23. The normalized spacial score (nSPS) is 15.8. The van der Waals surface area contributed by atoms with Crippen LogP contribution in [0.4, 0.5) is 10.8 Å². The van der Waals surface area contributed by atoms with Crippen molar-refractivity contribution < 1.29 is 4.79 Å². The summed E-state index contributed by atoms with van der Waals surface area (Å²) < 4.78 is 0. The Hall–Kier alpha value is -1.99. The maximum Gasteiger partial charge on any atom is 0.257 e. The van der Waals surface area contributed by atoms with Crippen molar-refractivity contribution in [2.45, 2.75) is 26.8 Å². The summed E-state index contributed by atoms with van der Waals surface area (Å²) in [6, 6.07) is 8.37. The van der Waals surface area contributed by atoms with Gasteiger partial charge in [-0.2, -0.15) is 0 Å². The number of aromatic nitrogens is 2. The van der Waals surface area contributed by atoms with Crippen LogP contribution in [0.1, 0.15) is 29.2 Å². The molecule has 1 aliphatic rings. The maximum atomic E-state index is 12.2. The van der Waals surface area contributed by atoms with E-state index in [9.17, 15) is 4.79 Å². The third kappa shape index (κ3) is 3.91. The van der Waals surface area contributed by atoms with Crippen LogP contribution in [0.5, 0.6) is 0 Å². The summed E-state index contributed by atoms with van der Waals surface area (Å²) in [6.07, 6.45) is 0. The third-order valence-corrected chi connectivity index (χ3v) is 5.04. The molecule has 0 bridgehead atoms. The average Bonchev–Trinajstić information content (AvgIpc) is 3.00. The quantitative estimate of drug-likeness (QED) is 0.923. The second-order valence-corrected chi connectivity index (χ2v) is 7.43. The highest BCUT2D eigenvalue weighted by Crippen LogP contribution is 2.19. The van der Waals surface area contributed by atoms with E-state index in [1.807, 2.05) is 31.2 Å². The molecule has 3 rings (SSSR count). The Morgan fingerprint density at radius 1 is 1.12 bits per heavy atom. The Morgan fingerprint density at radius 2 is 1.79 bits per heavy atom. The van der Waals surface area contributed by atoms with Crippen molar-refractivity contribution in [3.8, 4) is 0 Å². The van der Waals surface area contributed by atoms with E-state index in [2.05, 4.69) is 39.2 Å². The lowest BCUT2D eigenvalue weighted by atomic mass is 10.1. The van der Waals surface area contributed by atoms with Gasteiger partial charge < -0.3 is 4.90 Å². The lowest BCUT2D eigenvalue weighted by Gasteiger charge is -2.38. The van der Waals surface area contributed by atoms with Crippen molar-refractivity contribution in [2.75, 3.05) is 36.4 Å². The number of nitrogens with zero attached hydrogens (tertiary/aromatic N) is 4. The van der Waals surface area contributed by atoms with E-state index in [4.69, 9.17) is 0 Å². The van der Waals surface area contributed by atoms with Crippen LogP contribution in [0.15, 0.2) is 24.3 Å². The van der Waals surface area contributed by atoms with E-state index in [1.54, 1.807) is 0 Å². The molecule has 1 fully saturated rings. The number of piperazine rings is 1. The number of anilines is 2. The minimum Gasteiger partial charge on any atom is -0.369 e. The summed E-state index contributed by atoms with van der Waals surface area (Å²) in [4.78, 5) is 17.1. The molecule has 128 valence electrons. The van der Waals surface area contributed by atoms with E-state index < -0.39 is 0 Å². The molecule has 2 aromatic rings. The molecule has 1 N–H and O–H groups in total. The van der Waals surface area contributed by atoms with Gasteiger partial charge in [0.1, 0.15) is 5.01 Å². The molecule has 1 aromatic heterocycles. The molecule has 2 heterocycles. The second kappa shape index (κ2) is 7.27. The van der Waals surface area contributed by atoms with Crippen LogP contribution in [-0.2, 0) is 0 Å². The molecular formula is C17H23N5OS. The van der Waals surface area contributed by atoms with Crippen LogP contribution in [0.25, 0.3) is 0 Å². The Balaban J connectivity index is 1.60. The van der Waals surface area contributed by atoms with E-state index in [0.29, 0.717) is 16.7 Å². The number of benzene rings is 1. The van der Waals surface area contributed by atoms with Gasteiger partial charge in [-0.05, 0) is 45.0 Å². The van der Waals surface area contributed by atoms with Crippen LogP contribution < -0.4 is 10.2 Å². The van der Waals surface area contributed by atoms with Gasteiger partial charge in [0.15, 0.2) is 0 Å². The molecule has 0 saturated carbocycles. The number of rotatable bonds is 4. The largest absolute Gasteiger partial charge is 0.369 e. The fourth-order valence-corrected chi connectivity index (χ4v) is 3.42. The molecule has 0 unspecified atom stereocenters. The summed E-state index contributed by atoms with van der Waals surface area (Å²) in [5.41, 5.74) is 1.80. The van der Waals surface area contributed by atoms with E-state index in [0.717, 1.165) is 31.2 Å². The zero-order chi connectivity index (χ0) is 17.1. The molecule has 0 atom stereocenters. The number of hydrogen-bond acceptors (Lipinski definition) is 6. The summed E-state index contributed by atoms with van der Waals surface area (Å²) >= 11 is 1.37. The topological polar surface area (TPSA) is 61.4 Å². The lowest BCUT2D eigenvalue weighted by molar-refractivity contribution is 0.102. The Morgan fingerprint density at radius 3 is 2.33 bits per heavy atom. The van der Waals surface area contributed by atoms with Gasteiger partial charge in [-0.25, -0.2) is 0 Å². The molecule has 1 amide bonds. The molecule has 1 aliphatic heterocycles. The number of nitrogens with one attached hydrogen (secondary N) is 1. The molecule has 7 heteroatoms. The first-order valence-corrected chi connectivity index (χ1v) is 9.05. The maximum absolute atomic E-state index is 12.2. The smallest absolute Gasteiger partial charge is 0.257 e. The molecule has 24 heavy (non-hydrogen) atoms. The Bertz CT molecular complexity index is 689. The molecule has 0 aliphatic carbocycles. The predicted octanol–water partition coefficient (Wildman–Crippen LogP) is 2.63. The van der Waals surface area contributed by atoms with Gasteiger partial charge in [0.25, 0.3) is 5.91 Å². The molecule has 0 radical (unpaired) electrons. The standard InChI is InChI=1S/C17H23N5OS/c1-12(2)21-8-10-22(11-9-21)15-6-4-14(5-7-15)16(23)18-17-20-19-13(3)24-17/h4-7,12H,8-11H2,1-3H3,(H,18,20,23). The van der Waals surface area contributed by atoms with Crippen LogP contribution in [0.3, 0.4) is 0 Å². The highest BCUT2D eigenvalue weighted by atomic mass is 32.1. The van der Waals surface area contributed by atoms with Crippen molar-refractivity contribution in [3.63, 3.8) is 0 Å². The van der Waals surface area contributed by atoms with E-state index >= 15 is 0 Å². The molecule has 0 spiro atoms. The van der Waals surface area contributed by atoms with Gasteiger partial charge in [-0.15, -0.1) is 10.2 Å². The van der Waals surface area contributed by atoms with Crippen molar-refractivity contribution in [1.82, 2.24) is 15.1 Å². The summed E-state index contributed by atoms with van der Waals surface area (Å²) in [6.45, 7) is 10.5. The van der Waals surface area contributed by atoms with Crippen LogP contribution in [0, 0.1) is 6.92 Å². The predicted molar refractivity (Wildman–Crippen MR) is 98.0 cm³/mol. The zero-order valence-corrected chi connectivity index (χ0v) is 15.1. The van der Waals surface area contributed by atoms with Gasteiger partial charge in [0, 0.05) is 43.5 Å². The highest BCUT2D eigenvalue weighted by Gasteiger charge is 2.19. The average molecular weight is 345 g/mol. The van der Waals surface area contributed by atoms with Crippen molar-refractivity contribution in [2.24, 2.45) is 0 Å². The van der Waals surface area contributed by atoms with Gasteiger partial charge in [0.05, 0.1) is 0 Å². The fourth-order valence-electron chi connectivity index (χ4n) is 2.84. The summed E-state index contributed by atoms with van der Waals surface area (Å²) in [5, 5.41) is 12.0. The third-order valence-electron chi connectivity index (χ3n) is 4.29. The van der Waals surface area contributed by atoms with Crippen LogP contribution >= 0.6 is 11.3 Å². The Labute approximate surface area is 146 Å². The number of aryl methyl sites for hydroxylation is 1. The minimum atomic E-state index is -0.151. The molecule has 1 aromatic carbocycles. The number of carbonyl (C=O) groups is 1. The van der Waals surface area contributed by atoms with Gasteiger partial charge in [0.2, 0.25) is 5.13 Å². The van der Waals surface area contributed by atoms with E-state index in [1.165, 1.54) is 17.0 Å². The van der Waals surface area contributed by atoms with Crippen LogP contribution in [-0.4, -0.2) is 53.2 Å². The summed E-state index contributed by atoms with van der Waals surface area (Å²) in [5.74, 6) is -0.151. The number of carbonyl (C=O) groups excluding carboxylic acids is 1. The second-order valence-electron chi connectivity index (χ2n) is 6.24. The van der Waals surface area contributed by atoms with Crippen LogP contribution in [0.2, 0.25) is 0 Å². The molecule has 1 saturated heterocycles. The monoisotopic (exact) mass is 345 g/mol. The van der Waals surface area contributed by atoms with Crippen molar-refractivity contribution in [1.29, 1.82) is 0 Å². The highest BCUT2D eigenvalue weighted by molar-refractivity contribution is 7.15.